The van der Waals surface area contributed by atoms with Gasteiger partial charge in [0.1, 0.15) is 12.4 Å². The van der Waals surface area contributed by atoms with Gasteiger partial charge in [-0.3, -0.25) is 4.79 Å². The van der Waals surface area contributed by atoms with Gasteiger partial charge in [0.25, 0.3) is 5.91 Å². The molecule has 3 aliphatic rings. The van der Waals surface area contributed by atoms with Gasteiger partial charge in [0, 0.05) is 23.7 Å². The Labute approximate surface area is 284 Å². The SMILES string of the molecule is C[C@@H]1[C@@H](C)CCC[C@@H]([C@@H](O)c2ccccc2)[C@@H]2CC[C@H]2CN2CCCCc3cc(Cl)ccc3COc3ccc(cc32)C(=O)NS1(=O)=O. The minimum Gasteiger partial charge on any atom is -0.487 e. The number of amides is 1. The van der Waals surface area contributed by atoms with Gasteiger partial charge in [-0.05, 0) is 123 Å². The quantitative estimate of drug-likeness (QED) is 0.288. The first-order chi connectivity index (χ1) is 22.6. The maximum Gasteiger partial charge on any atom is 0.264 e. The molecule has 1 amide bonds. The van der Waals surface area contributed by atoms with Crippen LogP contribution in [0.5, 0.6) is 5.75 Å². The molecule has 6 rings (SSSR count). The Morgan fingerprint density at radius 3 is 2.51 bits per heavy atom. The van der Waals surface area contributed by atoms with Crippen LogP contribution in [0.1, 0.15) is 91.9 Å². The molecule has 3 aromatic carbocycles. The molecule has 0 aromatic heterocycles. The highest BCUT2D eigenvalue weighted by molar-refractivity contribution is 7.90. The fraction of sp³-hybridized carbons (Fsp3) is 0.500. The monoisotopic (exact) mass is 678 g/mol. The summed E-state index contributed by atoms with van der Waals surface area (Å²) in [6, 6.07) is 21.1. The van der Waals surface area contributed by atoms with Crippen LogP contribution < -0.4 is 14.4 Å². The predicted octanol–water partition coefficient (Wildman–Crippen LogP) is 7.71. The zero-order valence-corrected chi connectivity index (χ0v) is 29.0. The molecule has 2 bridgehead atoms. The number of carbonyl (C=O) groups is 1. The average Bonchev–Trinajstić information content (AvgIpc) is 3.08. The number of nitrogens with one attached hydrogen (secondary N) is 1. The van der Waals surface area contributed by atoms with Crippen molar-refractivity contribution >= 4 is 33.2 Å². The molecular weight excluding hydrogens is 632 g/mol. The lowest BCUT2D eigenvalue weighted by molar-refractivity contribution is 0.000837. The molecule has 9 heteroatoms. The first kappa shape index (κ1) is 33.8. The lowest BCUT2D eigenvalue weighted by Crippen LogP contribution is -2.44. The summed E-state index contributed by atoms with van der Waals surface area (Å²) in [5.41, 5.74) is 4.28. The van der Waals surface area contributed by atoms with Crippen molar-refractivity contribution in [1.29, 1.82) is 0 Å². The molecule has 0 unspecified atom stereocenters. The number of halogens is 1. The zero-order chi connectivity index (χ0) is 33.1. The zero-order valence-electron chi connectivity index (χ0n) is 27.4. The number of carbonyl (C=O) groups excluding carboxylic acids is 1. The van der Waals surface area contributed by atoms with E-state index in [1.54, 1.807) is 25.1 Å². The Kier molecular flexibility index (Phi) is 10.5. The number of hydrogen-bond donors (Lipinski definition) is 2. The van der Waals surface area contributed by atoms with Crippen molar-refractivity contribution in [2.24, 2.45) is 23.7 Å². The van der Waals surface area contributed by atoms with Gasteiger partial charge in [-0.15, -0.1) is 0 Å². The van der Waals surface area contributed by atoms with Gasteiger partial charge in [-0.2, -0.15) is 0 Å². The Bertz CT molecular complexity index is 1670. The Morgan fingerprint density at radius 1 is 0.936 bits per heavy atom. The minimum atomic E-state index is -3.92. The van der Waals surface area contributed by atoms with Crippen LogP contribution in [0.4, 0.5) is 5.69 Å². The van der Waals surface area contributed by atoms with Crippen LogP contribution in [0.3, 0.4) is 0 Å². The summed E-state index contributed by atoms with van der Waals surface area (Å²) in [4.78, 5) is 15.8. The maximum absolute atomic E-state index is 13.5. The molecule has 47 heavy (non-hydrogen) atoms. The summed E-state index contributed by atoms with van der Waals surface area (Å²) in [7, 11) is -3.92. The molecule has 0 spiro atoms. The lowest BCUT2D eigenvalue weighted by atomic mass is 9.63. The number of ether oxygens (including phenoxy) is 1. The average molecular weight is 679 g/mol. The highest BCUT2D eigenvalue weighted by Gasteiger charge is 2.41. The Hall–Kier alpha value is -3.07. The van der Waals surface area contributed by atoms with Crippen molar-refractivity contribution in [3.8, 4) is 5.75 Å². The number of aliphatic hydroxyl groups excluding tert-OH is 1. The normalized spacial score (nSPS) is 27.4. The predicted molar refractivity (Wildman–Crippen MR) is 187 cm³/mol. The number of rotatable bonds is 2. The highest BCUT2D eigenvalue weighted by Crippen LogP contribution is 2.48. The molecule has 2 aliphatic heterocycles. The molecule has 7 nitrogen and oxygen atoms in total. The van der Waals surface area contributed by atoms with E-state index in [4.69, 9.17) is 16.3 Å². The summed E-state index contributed by atoms with van der Waals surface area (Å²) in [5, 5.41) is 11.7. The number of aryl methyl sites for hydroxylation is 1. The molecule has 0 radical (unpaired) electrons. The van der Waals surface area contributed by atoms with Crippen LogP contribution in [0.25, 0.3) is 0 Å². The third-order valence-corrected chi connectivity index (χ3v) is 13.1. The third kappa shape index (κ3) is 7.65. The minimum absolute atomic E-state index is 0.0631. The fourth-order valence-corrected chi connectivity index (χ4v) is 9.25. The number of aliphatic hydroxyl groups is 1. The second-order valence-electron chi connectivity index (χ2n) is 13.9. The van der Waals surface area contributed by atoms with Gasteiger partial charge in [0.2, 0.25) is 10.0 Å². The standard InChI is InChI=1S/C38H47ClN2O5S/c1-25-9-8-13-34(37(42)27-10-4-3-5-11-27)33-18-15-30(33)23-41-20-7-6-12-28-21-32(39)17-14-31(28)24-46-36-19-16-29(22-35(36)41)38(43)40-47(44,45)26(25)2/h3-5,10-11,14,16-17,19,21-22,25-26,30,33-34,37,42H,6-9,12-13,15,18,20,23-24H2,1-2H3,(H,40,43)/t25-,26+,30-,33+,34+,37-/m0/s1. The highest BCUT2D eigenvalue weighted by atomic mass is 35.5. The molecule has 2 heterocycles. The van der Waals surface area contributed by atoms with Crippen LogP contribution in [-0.2, 0) is 23.1 Å². The van der Waals surface area contributed by atoms with Crippen LogP contribution in [0, 0.1) is 23.7 Å². The second kappa shape index (κ2) is 14.6. The van der Waals surface area contributed by atoms with E-state index < -0.39 is 27.3 Å². The number of nitrogens with zero attached hydrogens (tertiary/aromatic N) is 1. The maximum atomic E-state index is 13.5. The van der Waals surface area contributed by atoms with E-state index in [1.807, 2.05) is 55.5 Å². The Balaban J connectivity index is 1.39. The molecule has 6 atom stereocenters. The van der Waals surface area contributed by atoms with Crippen LogP contribution in [-0.4, -0.2) is 37.8 Å². The first-order valence-electron chi connectivity index (χ1n) is 17.2. The topological polar surface area (TPSA) is 95.9 Å². The van der Waals surface area contributed by atoms with Crippen molar-refractivity contribution in [1.82, 2.24) is 4.72 Å². The van der Waals surface area contributed by atoms with Gasteiger partial charge in [-0.25, -0.2) is 13.1 Å². The summed E-state index contributed by atoms with van der Waals surface area (Å²) < 4.78 is 35.7. The molecule has 1 saturated carbocycles. The van der Waals surface area contributed by atoms with Gasteiger partial charge in [0.05, 0.1) is 17.0 Å². The van der Waals surface area contributed by atoms with Gasteiger partial charge in [-0.1, -0.05) is 61.3 Å². The van der Waals surface area contributed by atoms with Crippen molar-refractivity contribution in [2.45, 2.75) is 83.2 Å². The van der Waals surface area contributed by atoms with Crippen LogP contribution in [0.2, 0.25) is 5.02 Å². The van der Waals surface area contributed by atoms with Crippen molar-refractivity contribution < 1.29 is 23.1 Å². The van der Waals surface area contributed by atoms with E-state index in [0.717, 1.165) is 74.8 Å². The first-order valence-corrected chi connectivity index (χ1v) is 19.1. The van der Waals surface area contributed by atoms with E-state index in [2.05, 4.69) is 9.62 Å². The van der Waals surface area contributed by atoms with E-state index in [9.17, 15) is 18.3 Å². The molecule has 0 saturated heterocycles. The number of fused-ring (bicyclic) bond motifs is 3. The van der Waals surface area contributed by atoms with E-state index in [-0.39, 0.29) is 17.4 Å². The van der Waals surface area contributed by atoms with Crippen molar-refractivity contribution in [3.63, 3.8) is 0 Å². The smallest absolute Gasteiger partial charge is 0.264 e. The van der Waals surface area contributed by atoms with Gasteiger partial charge >= 0.3 is 0 Å². The third-order valence-electron chi connectivity index (χ3n) is 11.0. The summed E-state index contributed by atoms with van der Waals surface area (Å²) >= 11 is 6.36. The molecule has 1 aliphatic carbocycles. The molecule has 2 N–H and O–H groups in total. The molecule has 252 valence electrons. The number of anilines is 1. The van der Waals surface area contributed by atoms with Gasteiger partial charge in [0.15, 0.2) is 0 Å². The number of sulfonamides is 1. The fourth-order valence-electron chi connectivity index (χ4n) is 7.75. The molecule has 3 aromatic rings. The van der Waals surface area contributed by atoms with Crippen LogP contribution in [0.15, 0.2) is 66.7 Å². The Morgan fingerprint density at radius 2 is 1.74 bits per heavy atom. The molecular formula is C38H47ClN2O5S. The van der Waals surface area contributed by atoms with Crippen LogP contribution >= 0.6 is 11.6 Å². The van der Waals surface area contributed by atoms with E-state index >= 15 is 0 Å². The lowest BCUT2D eigenvalue weighted by Gasteiger charge is -2.46. The van der Waals surface area contributed by atoms with Gasteiger partial charge < -0.3 is 14.7 Å². The molecule has 1 fully saturated rings. The van der Waals surface area contributed by atoms with Crippen molar-refractivity contribution in [3.05, 3.63) is 94.0 Å². The number of hydrogen-bond acceptors (Lipinski definition) is 6. The second-order valence-corrected chi connectivity index (χ2v) is 16.4. The summed E-state index contributed by atoms with van der Waals surface area (Å²) in [5.74, 6) is 0.638. The summed E-state index contributed by atoms with van der Waals surface area (Å²) in [6.45, 7) is 5.51. The summed E-state index contributed by atoms with van der Waals surface area (Å²) in [6.07, 6.45) is 6.64. The van der Waals surface area contributed by atoms with E-state index in [0.29, 0.717) is 35.6 Å². The van der Waals surface area contributed by atoms with Crippen molar-refractivity contribution in [2.75, 3.05) is 18.0 Å². The number of benzene rings is 3. The largest absolute Gasteiger partial charge is 0.487 e. The van der Waals surface area contributed by atoms with E-state index in [1.165, 1.54) is 5.56 Å².